The topological polar surface area (TPSA) is 71.1 Å². The number of rotatable bonds is 5. The molecule has 0 aliphatic carbocycles. The average molecular weight is 373 g/mol. The van der Waals surface area contributed by atoms with Gasteiger partial charge in [-0.1, -0.05) is 43.3 Å². The van der Waals surface area contributed by atoms with Gasteiger partial charge in [-0.15, -0.1) is 0 Å². The first kappa shape index (κ1) is 19.3. The summed E-state index contributed by atoms with van der Waals surface area (Å²) in [5.41, 5.74) is 5.23. The fourth-order valence-corrected chi connectivity index (χ4v) is 2.98. The maximum atomic E-state index is 12.7. The number of aromatic nitrogens is 1. The summed E-state index contributed by atoms with van der Waals surface area (Å²) < 4.78 is 0. The highest BCUT2D eigenvalue weighted by Crippen LogP contribution is 2.22. The SMILES string of the molecule is CCc1cccc(C)c1NC(=O)c1cncc(C(=O)Nc2ccccc2C)c1. The van der Waals surface area contributed by atoms with Crippen molar-refractivity contribution in [2.24, 2.45) is 0 Å². The Morgan fingerprint density at radius 3 is 2.18 bits per heavy atom. The summed E-state index contributed by atoms with van der Waals surface area (Å²) >= 11 is 0. The van der Waals surface area contributed by atoms with Gasteiger partial charge in [-0.05, 0) is 49.1 Å². The largest absolute Gasteiger partial charge is 0.322 e. The minimum atomic E-state index is -0.304. The summed E-state index contributed by atoms with van der Waals surface area (Å²) in [6, 6.07) is 15.0. The molecule has 2 N–H and O–H groups in total. The lowest BCUT2D eigenvalue weighted by Gasteiger charge is -2.13. The van der Waals surface area contributed by atoms with Crippen LogP contribution in [0.5, 0.6) is 0 Å². The number of benzene rings is 2. The van der Waals surface area contributed by atoms with E-state index in [-0.39, 0.29) is 11.8 Å². The minimum absolute atomic E-state index is 0.290. The van der Waals surface area contributed by atoms with Crippen LogP contribution < -0.4 is 10.6 Å². The van der Waals surface area contributed by atoms with Crippen molar-refractivity contribution in [1.82, 2.24) is 4.98 Å². The molecule has 2 amide bonds. The van der Waals surface area contributed by atoms with E-state index in [0.717, 1.165) is 34.5 Å². The summed E-state index contributed by atoms with van der Waals surface area (Å²) in [5.74, 6) is -0.594. The lowest BCUT2D eigenvalue weighted by molar-refractivity contribution is 0.102. The van der Waals surface area contributed by atoms with Crippen LogP contribution >= 0.6 is 0 Å². The molecule has 142 valence electrons. The Morgan fingerprint density at radius 1 is 0.857 bits per heavy atom. The summed E-state index contributed by atoms with van der Waals surface area (Å²) in [4.78, 5) is 29.4. The molecular formula is C23H23N3O2. The number of carbonyl (C=O) groups excluding carboxylic acids is 2. The molecule has 0 saturated heterocycles. The minimum Gasteiger partial charge on any atom is -0.322 e. The van der Waals surface area contributed by atoms with Crippen molar-refractivity contribution in [3.63, 3.8) is 0 Å². The van der Waals surface area contributed by atoms with Crippen LogP contribution in [0.2, 0.25) is 0 Å². The smallest absolute Gasteiger partial charge is 0.257 e. The predicted molar refractivity (Wildman–Crippen MR) is 112 cm³/mol. The molecule has 0 saturated carbocycles. The maximum Gasteiger partial charge on any atom is 0.257 e. The van der Waals surface area contributed by atoms with Crippen molar-refractivity contribution in [1.29, 1.82) is 0 Å². The second kappa shape index (κ2) is 8.48. The second-order valence-corrected chi connectivity index (χ2v) is 6.65. The highest BCUT2D eigenvalue weighted by Gasteiger charge is 2.14. The van der Waals surface area contributed by atoms with E-state index in [4.69, 9.17) is 0 Å². The third kappa shape index (κ3) is 4.26. The third-order valence-electron chi connectivity index (χ3n) is 4.63. The zero-order valence-electron chi connectivity index (χ0n) is 16.2. The molecular weight excluding hydrogens is 350 g/mol. The number of hydrogen-bond acceptors (Lipinski definition) is 3. The van der Waals surface area contributed by atoms with E-state index < -0.39 is 0 Å². The number of anilines is 2. The van der Waals surface area contributed by atoms with Gasteiger partial charge in [0.05, 0.1) is 11.1 Å². The van der Waals surface area contributed by atoms with Crippen molar-refractivity contribution < 1.29 is 9.59 Å². The molecule has 0 radical (unpaired) electrons. The molecule has 3 rings (SSSR count). The number of pyridine rings is 1. The van der Waals surface area contributed by atoms with Gasteiger partial charge in [0, 0.05) is 23.8 Å². The van der Waals surface area contributed by atoms with Crippen LogP contribution in [-0.4, -0.2) is 16.8 Å². The predicted octanol–water partition coefficient (Wildman–Crippen LogP) is 4.77. The normalized spacial score (nSPS) is 10.4. The summed E-state index contributed by atoms with van der Waals surface area (Å²) in [6.45, 7) is 5.92. The van der Waals surface area contributed by atoms with E-state index in [2.05, 4.69) is 15.6 Å². The number of nitrogens with one attached hydrogen (secondary N) is 2. The second-order valence-electron chi connectivity index (χ2n) is 6.65. The number of para-hydroxylation sites is 2. The van der Waals surface area contributed by atoms with Gasteiger partial charge in [0.1, 0.15) is 0 Å². The Balaban J connectivity index is 1.80. The van der Waals surface area contributed by atoms with Crippen molar-refractivity contribution >= 4 is 23.2 Å². The molecule has 0 atom stereocenters. The molecule has 5 nitrogen and oxygen atoms in total. The Kier molecular flexibility index (Phi) is 5.84. The molecule has 28 heavy (non-hydrogen) atoms. The van der Waals surface area contributed by atoms with Gasteiger partial charge in [-0.3, -0.25) is 14.6 Å². The standard InChI is InChI=1S/C23H23N3O2/c1-4-17-10-7-9-16(3)21(17)26-23(28)19-12-18(13-24-14-19)22(27)25-20-11-6-5-8-15(20)2/h5-14H,4H2,1-3H3,(H,25,27)(H,26,28). The van der Waals surface area contributed by atoms with Crippen molar-refractivity contribution in [2.75, 3.05) is 10.6 Å². The van der Waals surface area contributed by atoms with Gasteiger partial charge in [-0.2, -0.15) is 0 Å². The maximum absolute atomic E-state index is 12.7. The molecule has 0 unspecified atom stereocenters. The van der Waals surface area contributed by atoms with Gasteiger partial charge in [0.15, 0.2) is 0 Å². The van der Waals surface area contributed by atoms with Crippen molar-refractivity contribution in [2.45, 2.75) is 27.2 Å². The van der Waals surface area contributed by atoms with Crippen LogP contribution in [0.3, 0.4) is 0 Å². The van der Waals surface area contributed by atoms with Crippen LogP contribution in [0.4, 0.5) is 11.4 Å². The van der Waals surface area contributed by atoms with Gasteiger partial charge in [0.25, 0.3) is 11.8 Å². The van der Waals surface area contributed by atoms with Gasteiger partial charge in [-0.25, -0.2) is 0 Å². The van der Waals surface area contributed by atoms with Crippen LogP contribution in [0.15, 0.2) is 60.9 Å². The summed E-state index contributed by atoms with van der Waals surface area (Å²) in [7, 11) is 0. The van der Waals surface area contributed by atoms with E-state index in [1.807, 2.05) is 63.2 Å². The molecule has 3 aromatic rings. The van der Waals surface area contributed by atoms with Crippen LogP contribution in [-0.2, 0) is 6.42 Å². The summed E-state index contributed by atoms with van der Waals surface area (Å²) in [6.07, 6.45) is 3.73. The van der Waals surface area contributed by atoms with E-state index >= 15 is 0 Å². The average Bonchev–Trinajstić information content (AvgIpc) is 2.71. The zero-order valence-corrected chi connectivity index (χ0v) is 16.2. The Labute approximate surface area is 164 Å². The molecule has 2 aromatic carbocycles. The Hall–Kier alpha value is -3.47. The number of aryl methyl sites for hydroxylation is 3. The van der Waals surface area contributed by atoms with E-state index in [0.29, 0.717) is 11.1 Å². The van der Waals surface area contributed by atoms with E-state index in [1.54, 1.807) is 6.07 Å². The first-order valence-corrected chi connectivity index (χ1v) is 9.21. The molecule has 1 aromatic heterocycles. The number of amides is 2. The lowest BCUT2D eigenvalue weighted by atomic mass is 10.1. The monoisotopic (exact) mass is 373 g/mol. The third-order valence-corrected chi connectivity index (χ3v) is 4.63. The van der Waals surface area contributed by atoms with Crippen molar-refractivity contribution in [3.05, 3.63) is 88.7 Å². The van der Waals surface area contributed by atoms with E-state index in [1.165, 1.54) is 12.4 Å². The van der Waals surface area contributed by atoms with E-state index in [9.17, 15) is 9.59 Å². The fourth-order valence-electron chi connectivity index (χ4n) is 2.98. The summed E-state index contributed by atoms with van der Waals surface area (Å²) in [5, 5.41) is 5.82. The van der Waals surface area contributed by atoms with Crippen LogP contribution in [0.1, 0.15) is 44.3 Å². The first-order chi connectivity index (χ1) is 13.5. The fraction of sp³-hybridized carbons (Fsp3) is 0.174. The van der Waals surface area contributed by atoms with Gasteiger partial charge >= 0.3 is 0 Å². The Bertz CT molecular complexity index is 1030. The van der Waals surface area contributed by atoms with Crippen LogP contribution in [0, 0.1) is 13.8 Å². The lowest BCUT2D eigenvalue weighted by Crippen LogP contribution is -2.17. The van der Waals surface area contributed by atoms with Gasteiger partial charge in [0.2, 0.25) is 0 Å². The van der Waals surface area contributed by atoms with Crippen LogP contribution in [0.25, 0.3) is 0 Å². The van der Waals surface area contributed by atoms with Crippen molar-refractivity contribution in [3.8, 4) is 0 Å². The number of hydrogen-bond donors (Lipinski definition) is 2. The molecule has 0 aliphatic heterocycles. The first-order valence-electron chi connectivity index (χ1n) is 9.21. The zero-order chi connectivity index (χ0) is 20.1. The Morgan fingerprint density at radius 2 is 1.50 bits per heavy atom. The quantitative estimate of drug-likeness (QED) is 0.677. The molecule has 0 fully saturated rings. The molecule has 0 bridgehead atoms. The molecule has 5 heteroatoms. The molecule has 0 aliphatic rings. The van der Waals surface area contributed by atoms with Gasteiger partial charge < -0.3 is 10.6 Å². The molecule has 1 heterocycles. The number of carbonyl (C=O) groups is 2. The highest BCUT2D eigenvalue weighted by molar-refractivity contribution is 6.08. The molecule has 0 spiro atoms. The highest BCUT2D eigenvalue weighted by atomic mass is 16.2. The number of nitrogens with zero attached hydrogens (tertiary/aromatic N) is 1.